The molecule has 0 bridgehead atoms. The molecule has 21 heavy (non-hydrogen) atoms. The highest BCUT2D eigenvalue weighted by Gasteiger charge is 2.24. The van der Waals surface area contributed by atoms with E-state index in [1.165, 1.54) is 0 Å². The van der Waals surface area contributed by atoms with E-state index in [1.807, 2.05) is 26.0 Å². The molecule has 0 radical (unpaired) electrons. The smallest absolute Gasteiger partial charge is 0.339 e. The highest BCUT2D eigenvalue weighted by Crippen LogP contribution is 2.18. The predicted octanol–water partition coefficient (Wildman–Crippen LogP) is 2.91. The summed E-state index contributed by atoms with van der Waals surface area (Å²) < 4.78 is 5.29. The zero-order valence-electron chi connectivity index (χ0n) is 12.9. The highest BCUT2D eigenvalue weighted by atomic mass is 16.5. The van der Waals surface area contributed by atoms with Gasteiger partial charge in [0.25, 0.3) is 5.91 Å². The van der Waals surface area contributed by atoms with Crippen molar-refractivity contribution < 1.29 is 14.3 Å². The molecule has 1 unspecified atom stereocenters. The highest BCUT2D eigenvalue weighted by molar-refractivity contribution is 5.93. The standard InChI is InChI=1S/C17H23NO3/c1-11-8-9-12(2)15(10-11)17(20)21-13(3)16(19)18-14-6-4-5-7-14/h8-10,13-14H,4-7H2,1-3H3,(H,18,19). The third-order valence-electron chi connectivity index (χ3n) is 3.97. The van der Waals surface area contributed by atoms with Gasteiger partial charge in [0.15, 0.2) is 6.10 Å². The van der Waals surface area contributed by atoms with Gasteiger partial charge in [0.05, 0.1) is 5.56 Å². The number of amides is 1. The molecule has 1 aromatic rings. The van der Waals surface area contributed by atoms with Crippen molar-refractivity contribution >= 4 is 11.9 Å². The van der Waals surface area contributed by atoms with Gasteiger partial charge in [-0.3, -0.25) is 4.79 Å². The average Bonchev–Trinajstić information content (AvgIpc) is 2.94. The monoisotopic (exact) mass is 289 g/mol. The first-order chi connectivity index (χ1) is 9.97. The molecule has 1 aliphatic carbocycles. The zero-order valence-corrected chi connectivity index (χ0v) is 12.9. The number of hydrogen-bond acceptors (Lipinski definition) is 3. The third kappa shape index (κ3) is 4.06. The summed E-state index contributed by atoms with van der Waals surface area (Å²) in [7, 11) is 0. The predicted molar refractivity (Wildman–Crippen MR) is 81.2 cm³/mol. The van der Waals surface area contributed by atoms with E-state index in [2.05, 4.69) is 5.32 Å². The van der Waals surface area contributed by atoms with Crippen molar-refractivity contribution in [3.63, 3.8) is 0 Å². The lowest BCUT2D eigenvalue weighted by Crippen LogP contribution is -2.40. The van der Waals surface area contributed by atoms with Crippen molar-refractivity contribution in [2.24, 2.45) is 0 Å². The molecular formula is C17H23NO3. The first-order valence-corrected chi connectivity index (χ1v) is 7.56. The van der Waals surface area contributed by atoms with Crippen molar-refractivity contribution in [3.05, 3.63) is 34.9 Å². The summed E-state index contributed by atoms with van der Waals surface area (Å²) in [5.41, 5.74) is 2.38. The Kier molecular flexibility index (Phi) is 4.99. The first kappa shape index (κ1) is 15.5. The number of ether oxygens (including phenoxy) is 1. The van der Waals surface area contributed by atoms with Gasteiger partial charge < -0.3 is 10.1 Å². The van der Waals surface area contributed by atoms with Crippen LogP contribution in [-0.4, -0.2) is 24.0 Å². The van der Waals surface area contributed by atoms with Crippen LogP contribution < -0.4 is 5.32 Å². The van der Waals surface area contributed by atoms with Crippen molar-refractivity contribution in [3.8, 4) is 0 Å². The SMILES string of the molecule is Cc1ccc(C)c(C(=O)OC(C)C(=O)NC2CCCC2)c1. The number of aryl methyl sites for hydroxylation is 2. The Morgan fingerprint density at radius 3 is 2.57 bits per heavy atom. The Morgan fingerprint density at radius 1 is 1.24 bits per heavy atom. The summed E-state index contributed by atoms with van der Waals surface area (Å²) in [4.78, 5) is 24.2. The van der Waals surface area contributed by atoms with Crippen LogP contribution >= 0.6 is 0 Å². The molecule has 114 valence electrons. The van der Waals surface area contributed by atoms with Gasteiger partial charge >= 0.3 is 5.97 Å². The van der Waals surface area contributed by atoms with E-state index >= 15 is 0 Å². The lowest BCUT2D eigenvalue weighted by molar-refractivity contribution is -0.129. The number of nitrogens with one attached hydrogen (secondary N) is 1. The topological polar surface area (TPSA) is 55.4 Å². The van der Waals surface area contributed by atoms with Crippen molar-refractivity contribution in [1.82, 2.24) is 5.32 Å². The van der Waals surface area contributed by atoms with Gasteiger partial charge in [0.1, 0.15) is 0 Å². The quantitative estimate of drug-likeness (QED) is 0.867. The molecule has 1 aromatic carbocycles. The maximum atomic E-state index is 12.2. The van der Waals surface area contributed by atoms with Crippen LogP contribution in [0.25, 0.3) is 0 Å². The molecule has 1 fully saturated rings. The fourth-order valence-electron chi connectivity index (χ4n) is 2.62. The second-order valence-corrected chi connectivity index (χ2v) is 5.86. The number of esters is 1. The van der Waals surface area contributed by atoms with Crippen molar-refractivity contribution in [2.75, 3.05) is 0 Å². The second-order valence-electron chi connectivity index (χ2n) is 5.86. The van der Waals surface area contributed by atoms with Gasteiger partial charge in [0.2, 0.25) is 0 Å². The van der Waals surface area contributed by atoms with E-state index < -0.39 is 12.1 Å². The molecule has 0 spiro atoms. The third-order valence-corrected chi connectivity index (χ3v) is 3.97. The number of benzene rings is 1. The minimum atomic E-state index is -0.766. The van der Waals surface area contributed by atoms with Crippen LogP contribution in [0.1, 0.15) is 54.1 Å². The van der Waals surface area contributed by atoms with Crippen LogP contribution in [0.3, 0.4) is 0 Å². The summed E-state index contributed by atoms with van der Waals surface area (Å²) in [6.45, 7) is 5.40. The van der Waals surface area contributed by atoms with E-state index in [9.17, 15) is 9.59 Å². The molecule has 1 N–H and O–H groups in total. The van der Waals surface area contributed by atoms with E-state index in [1.54, 1.807) is 13.0 Å². The Bertz CT molecular complexity index is 533. The lowest BCUT2D eigenvalue weighted by Gasteiger charge is -2.17. The molecule has 2 rings (SSSR count). The second kappa shape index (κ2) is 6.74. The number of carbonyl (C=O) groups excluding carboxylic acids is 2. The molecule has 1 saturated carbocycles. The van der Waals surface area contributed by atoms with E-state index in [0.717, 1.165) is 36.8 Å². The molecule has 0 aliphatic heterocycles. The molecule has 0 saturated heterocycles. The number of rotatable bonds is 4. The molecule has 0 aromatic heterocycles. The molecule has 4 nitrogen and oxygen atoms in total. The van der Waals surface area contributed by atoms with Crippen LogP contribution in [0.5, 0.6) is 0 Å². The number of hydrogen-bond donors (Lipinski definition) is 1. The van der Waals surface area contributed by atoms with Crippen LogP contribution in [-0.2, 0) is 9.53 Å². The molecule has 1 aliphatic rings. The Morgan fingerprint density at radius 2 is 1.90 bits per heavy atom. The van der Waals surface area contributed by atoms with Crippen LogP contribution in [0, 0.1) is 13.8 Å². The molecule has 4 heteroatoms. The fraction of sp³-hybridized carbons (Fsp3) is 0.529. The molecule has 1 atom stereocenters. The van der Waals surface area contributed by atoms with Crippen molar-refractivity contribution in [2.45, 2.75) is 58.6 Å². The van der Waals surface area contributed by atoms with Gasteiger partial charge in [-0.15, -0.1) is 0 Å². The van der Waals surface area contributed by atoms with Crippen LogP contribution in [0.4, 0.5) is 0 Å². The zero-order chi connectivity index (χ0) is 15.4. The van der Waals surface area contributed by atoms with Gasteiger partial charge in [-0.1, -0.05) is 30.5 Å². The Balaban J connectivity index is 1.94. The average molecular weight is 289 g/mol. The largest absolute Gasteiger partial charge is 0.449 e. The van der Waals surface area contributed by atoms with E-state index in [-0.39, 0.29) is 11.9 Å². The van der Waals surface area contributed by atoms with E-state index in [4.69, 9.17) is 4.74 Å². The summed E-state index contributed by atoms with van der Waals surface area (Å²) in [5, 5.41) is 2.95. The minimum Gasteiger partial charge on any atom is -0.449 e. The fourth-order valence-corrected chi connectivity index (χ4v) is 2.62. The van der Waals surface area contributed by atoms with Gasteiger partial charge in [-0.25, -0.2) is 4.79 Å². The molecular weight excluding hydrogens is 266 g/mol. The Hall–Kier alpha value is -1.84. The molecule has 1 amide bonds. The summed E-state index contributed by atoms with van der Waals surface area (Å²) in [6, 6.07) is 5.86. The maximum absolute atomic E-state index is 12.2. The van der Waals surface area contributed by atoms with Crippen LogP contribution in [0.2, 0.25) is 0 Å². The van der Waals surface area contributed by atoms with Gasteiger partial charge in [-0.2, -0.15) is 0 Å². The van der Waals surface area contributed by atoms with Crippen LogP contribution in [0.15, 0.2) is 18.2 Å². The van der Waals surface area contributed by atoms with Gasteiger partial charge in [-0.05, 0) is 45.2 Å². The summed E-state index contributed by atoms with van der Waals surface area (Å²) in [6.07, 6.45) is 3.58. The maximum Gasteiger partial charge on any atom is 0.339 e. The van der Waals surface area contributed by atoms with E-state index in [0.29, 0.717) is 5.56 Å². The lowest BCUT2D eigenvalue weighted by atomic mass is 10.1. The van der Waals surface area contributed by atoms with Gasteiger partial charge in [0, 0.05) is 6.04 Å². The Labute approximate surface area is 125 Å². The van der Waals surface area contributed by atoms with Crippen molar-refractivity contribution in [1.29, 1.82) is 0 Å². The summed E-state index contributed by atoms with van der Waals surface area (Å²) >= 11 is 0. The normalized spacial score (nSPS) is 16.5. The first-order valence-electron chi connectivity index (χ1n) is 7.56. The number of carbonyl (C=O) groups is 2. The minimum absolute atomic E-state index is 0.208. The molecule has 0 heterocycles. The summed E-state index contributed by atoms with van der Waals surface area (Å²) in [5.74, 6) is -0.647.